The second-order valence-corrected chi connectivity index (χ2v) is 5.69. The molecule has 3 amide bonds. The zero-order chi connectivity index (χ0) is 15.0. The molecule has 110 valence electrons. The molecule has 0 unspecified atom stereocenters. The number of nitrogens with one attached hydrogen (secondary N) is 1. The summed E-state index contributed by atoms with van der Waals surface area (Å²) in [4.78, 5) is 38.0. The Morgan fingerprint density at radius 2 is 1.67 bits per heavy atom. The quantitative estimate of drug-likeness (QED) is 0.861. The second kappa shape index (κ2) is 5.31. The van der Waals surface area contributed by atoms with Crippen LogP contribution in [-0.4, -0.2) is 34.7 Å². The van der Waals surface area contributed by atoms with Gasteiger partial charge in [0.25, 0.3) is 11.8 Å². The van der Waals surface area contributed by atoms with Gasteiger partial charge < -0.3 is 5.32 Å². The number of nitrogens with zero attached hydrogens (tertiary/aromatic N) is 1. The molecule has 1 aromatic carbocycles. The van der Waals surface area contributed by atoms with Crippen LogP contribution in [0.25, 0.3) is 0 Å². The van der Waals surface area contributed by atoms with Gasteiger partial charge >= 0.3 is 0 Å². The van der Waals surface area contributed by atoms with Crippen LogP contribution >= 0.6 is 0 Å². The van der Waals surface area contributed by atoms with Crippen molar-refractivity contribution in [2.75, 3.05) is 0 Å². The van der Waals surface area contributed by atoms with E-state index >= 15 is 0 Å². The molecular formula is C16H18N2O3. The summed E-state index contributed by atoms with van der Waals surface area (Å²) in [7, 11) is 0. The van der Waals surface area contributed by atoms with Gasteiger partial charge in [0.2, 0.25) is 5.91 Å². The maximum Gasteiger partial charge on any atom is 0.262 e. The van der Waals surface area contributed by atoms with Gasteiger partial charge in [0, 0.05) is 6.04 Å². The fourth-order valence-corrected chi connectivity index (χ4v) is 3.07. The van der Waals surface area contributed by atoms with E-state index in [0.717, 1.165) is 30.6 Å². The summed E-state index contributed by atoms with van der Waals surface area (Å²) in [6.07, 6.45) is 4.18. The zero-order valence-electron chi connectivity index (χ0n) is 12.0. The van der Waals surface area contributed by atoms with E-state index in [2.05, 4.69) is 5.32 Å². The maximum absolute atomic E-state index is 12.3. The van der Waals surface area contributed by atoms with Gasteiger partial charge in [-0.25, -0.2) is 0 Å². The predicted octanol–water partition coefficient (Wildman–Crippen LogP) is 1.73. The summed E-state index contributed by atoms with van der Waals surface area (Å²) in [5.41, 5.74) is 0.756. The Balaban J connectivity index is 1.76. The molecule has 1 aliphatic heterocycles. The molecule has 0 aromatic heterocycles. The first kappa shape index (κ1) is 13.8. The molecule has 1 saturated carbocycles. The van der Waals surface area contributed by atoms with Gasteiger partial charge in [-0.2, -0.15) is 0 Å². The highest BCUT2D eigenvalue weighted by molar-refractivity contribution is 6.22. The van der Waals surface area contributed by atoms with Crippen LogP contribution in [0.1, 0.15) is 53.3 Å². The lowest BCUT2D eigenvalue weighted by molar-refractivity contribution is -0.125. The van der Waals surface area contributed by atoms with Crippen molar-refractivity contribution in [3.8, 4) is 0 Å². The van der Waals surface area contributed by atoms with Crippen molar-refractivity contribution in [1.82, 2.24) is 10.2 Å². The molecule has 1 fully saturated rings. The molecule has 1 aliphatic carbocycles. The van der Waals surface area contributed by atoms with Crippen LogP contribution in [0.15, 0.2) is 24.3 Å². The molecule has 1 N–H and O–H groups in total. The molecule has 3 rings (SSSR count). The normalized spacial score (nSPS) is 19.8. The van der Waals surface area contributed by atoms with Crippen LogP contribution in [0, 0.1) is 0 Å². The van der Waals surface area contributed by atoms with E-state index in [0.29, 0.717) is 11.1 Å². The summed E-state index contributed by atoms with van der Waals surface area (Å²) >= 11 is 0. The minimum atomic E-state index is -0.780. The Labute approximate surface area is 123 Å². The van der Waals surface area contributed by atoms with E-state index in [-0.39, 0.29) is 23.8 Å². The monoisotopic (exact) mass is 286 g/mol. The van der Waals surface area contributed by atoms with Gasteiger partial charge in [0.15, 0.2) is 0 Å². The number of hydrogen-bond acceptors (Lipinski definition) is 3. The average molecular weight is 286 g/mol. The molecular weight excluding hydrogens is 268 g/mol. The van der Waals surface area contributed by atoms with E-state index < -0.39 is 6.04 Å². The van der Waals surface area contributed by atoms with Crippen molar-refractivity contribution in [3.05, 3.63) is 35.4 Å². The molecule has 1 heterocycles. The van der Waals surface area contributed by atoms with Crippen LogP contribution in [0.3, 0.4) is 0 Å². The van der Waals surface area contributed by atoms with Gasteiger partial charge in [0.1, 0.15) is 6.04 Å². The fraction of sp³-hybridized carbons (Fsp3) is 0.438. The van der Waals surface area contributed by atoms with Crippen LogP contribution in [0.4, 0.5) is 0 Å². The first-order chi connectivity index (χ1) is 10.1. The third-order valence-electron chi connectivity index (χ3n) is 4.29. The topological polar surface area (TPSA) is 66.5 Å². The first-order valence-corrected chi connectivity index (χ1v) is 7.37. The van der Waals surface area contributed by atoms with Crippen molar-refractivity contribution >= 4 is 17.7 Å². The lowest BCUT2D eigenvalue weighted by Crippen LogP contribution is -2.49. The highest BCUT2D eigenvalue weighted by Crippen LogP contribution is 2.25. The maximum atomic E-state index is 12.3. The van der Waals surface area contributed by atoms with E-state index in [1.165, 1.54) is 0 Å². The molecule has 2 aliphatic rings. The van der Waals surface area contributed by atoms with Gasteiger partial charge in [0.05, 0.1) is 11.1 Å². The van der Waals surface area contributed by atoms with Gasteiger partial charge in [-0.15, -0.1) is 0 Å². The Morgan fingerprint density at radius 1 is 1.14 bits per heavy atom. The lowest BCUT2D eigenvalue weighted by atomic mass is 10.1. The minimum Gasteiger partial charge on any atom is -0.352 e. The Bertz CT molecular complexity index is 570. The number of carbonyl (C=O) groups is 3. The Hall–Kier alpha value is -2.17. The highest BCUT2D eigenvalue weighted by Gasteiger charge is 2.40. The highest BCUT2D eigenvalue weighted by atomic mass is 16.2. The van der Waals surface area contributed by atoms with Gasteiger partial charge in [-0.05, 0) is 31.9 Å². The molecule has 0 radical (unpaired) electrons. The van der Waals surface area contributed by atoms with Gasteiger partial charge in [-0.3, -0.25) is 19.3 Å². The standard InChI is InChI=1S/C16H18N2O3/c1-10(14(19)17-11-6-2-3-7-11)18-15(20)12-8-4-5-9-13(12)16(18)21/h4-5,8-11H,2-3,6-7H2,1H3,(H,17,19)/t10-/m0/s1. The van der Waals surface area contributed by atoms with Crippen molar-refractivity contribution in [2.45, 2.75) is 44.7 Å². The van der Waals surface area contributed by atoms with Crippen molar-refractivity contribution in [2.24, 2.45) is 0 Å². The third kappa shape index (κ3) is 2.33. The molecule has 5 nitrogen and oxygen atoms in total. The number of rotatable bonds is 3. The predicted molar refractivity (Wildman–Crippen MR) is 76.8 cm³/mol. The summed E-state index contributed by atoms with van der Waals surface area (Å²) < 4.78 is 0. The average Bonchev–Trinajstić information content (AvgIpc) is 3.07. The molecule has 0 bridgehead atoms. The van der Waals surface area contributed by atoms with E-state index in [9.17, 15) is 14.4 Å². The first-order valence-electron chi connectivity index (χ1n) is 7.37. The minimum absolute atomic E-state index is 0.176. The number of benzene rings is 1. The Kier molecular flexibility index (Phi) is 3.49. The van der Waals surface area contributed by atoms with E-state index in [1.54, 1.807) is 31.2 Å². The molecule has 1 atom stereocenters. The largest absolute Gasteiger partial charge is 0.352 e. The zero-order valence-corrected chi connectivity index (χ0v) is 12.0. The summed E-state index contributed by atoms with van der Waals surface area (Å²) in [5.74, 6) is -1.02. The number of fused-ring (bicyclic) bond motifs is 1. The molecule has 5 heteroatoms. The van der Waals surface area contributed by atoms with E-state index in [1.807, 2.05) is 0 Å². The van der Waals surface area contributed by atoms with Crippen molar-refractivity contribution < 1.29 is 14.4 Å². The Morgan fingerprint density at radius 3 is 2.19 bits per heavy atom. The summed E-state index contributed by atoms with van der Waals surface area (Å²) in [6, 6.07) is 6.08. The molecule has 21 heavy (non-hydrogen) atoms. The summed E-state index contributed by atoms with van der Waals surface area (Å²) in [6.45, 7) is 1.60. The number of hydrogen-bond donors (Lipinski definition) is 1. The number of carbonyl (C=O) groups excluding carboxylic acids is 3. The lowest BCUT2D eigenvalue weighted by Gasteiger charge is -2.23. The van der Waals surface area contributed by atoms with Crippen molar-refractivity contribution in [3.63, 3.8) is 0 Å². The van der Waals surface area contributed by atoms with Crippen LogP contribution in [0.5, 0.6) is 0 Å². The van der Waals surface area contributed by atoms with Gasteiger partial charge in [-0.1, -0.05) is 25.0 Å². The van der Waals surface area contributed by atoms with E-state index in [4.69, 9.17) is 0 Å². The molecule has 0 spiro atoms. The third-order valence-corrected chi connectivity index (χ3v) is 4.29. The number of amides is 3. The van der Waals surface area contributed by atoms with Crippen LogP contribution in [-0.2, 0) is 4.79 Å². The summed E-state index contributed by atoms with van der Waals surface area (Å²) in [5, 5.41) is 2.94. The second-order valence-electron chi connectivity index (χ2n) is 5.69. The SMILES string of the molecule is C[C@@H](C(=O)NC1CCCC1)N1C(=O)c2ccccc2C1=O. The van der Waals surface area contributed by atoms with Crippen LogP contribution in [0.2, 0.25) is 0 Å². The molecule has 0 saturated heterocycles. The van der Waals surface area contributed by atoms with Crippen molar-refractivity contribution in [1.29, 1.82) is 0 Å². The molecule has 1 aromatic rings. The fourth-order valence-electron chi connectivity index (χ4n) is 3.07. The van der Waals surface area contributed by atoms with Crippen LogP contribution < -0.4 is 5.32 Å². The smallest absolute Gasteiger partial charge is 0.262 e. The number of imide groups is 1.